The second-order valence-corrected chi connectivity index (χ2v) is 9.80. The Balaban J connectivity index is 1.46. The standard InChI is InChI=1S/C22H27NO6S/c24-22(23-11-3-1-2-6-18(23)19-7-4-12-27-19)10-15-30(25,26)17-8-9-20-21(16-17)29-14-5-13-28-20/h4,7-9,12,16,18H,1-3,5-6,10-11,13-15H2/t18-/m0/s1. The molecule has 1 atom stereocenters. The highest BCUT2D eigenvalue weighted by molar-refractivity contribution is 7.91. The second-order valence-electron chi connectivity index (χ2n) is 7.70. The molecular formula is C22H27NO6S. The predicted molar refractivity (Wildman–Crippen MR) is 110 cm³/mol. The maximum Gasteiger partial charge on any atom is 0.224 e. The third kappa shape index (κ3) is 4.64. The predicted octanol–water partition coefficient (Wildman–Crippen LogP) is 3.75. The Labute approximate surface area is 176 Å². The van der Waals surface area contributed by atoms with Gasteiger partial charge in [-0.1, -0.05) is 12.8 Å². The first-order chi connectivity index (χ1) is 14.5. The van der Waals surface area contributed by atoms with Crippen molar-refractivity contribution < 1.29 is 27.1 Å². The number of nitrogens with zero attached hydrogens (tertiary/aromatic N) is 1. The van der Waals surface area contributed by atoms with Gasteiger partial charge in [0.25, 0.3) is 0 Å². The molecule has 7 nitrogen and oxygen atoms in total. The van der Waals surface area contributed by atoms with E-state index in [9.17, 15) is 13.2 Å². The fourth-order valence-electron chi connectivity index (χ4n) is 4.00. The summed E-state index contributed by atoms with van der Waals surface area (Å²) in [4.78, 5) is 14.9. The van der Waals surface area contributed by atoms with Crippen LogP contribution in [0.1, 0.15) is 50.3 Å². The quantitative estimate of drug-likeness (QED) is 0.714. The Bertz CT molecular complexity index is 970. The van der Waals surface area contributed by atoms with Crippen LogP contribution in [-0.4, -0.2) is 44.7 Å². The number of rotatable bonds is 5. The molecule has 3 heterocycles. The third-order valence-electron chi connectivity index (χ3n) is 5.61. The number of hydrogen-bond acceptors (Lipinski definition) is 6. The van der Waals surface area contributed by atoms with Crippen LogP contribution in [0.4, 0.5) is 0 Å². The minimum absolute atomic E-state index is 0.0615. The number of hydrogen-bond donors (Lipinski definition) is 0. The van der Waals surface area contributed by atoms with E-state index in [1.807, 2.05) is 12.1 Å². The van der Waals surface area contributed by atoms with Crippen molar-refractivity contribution in [1.82, 2.24) is 4.90 Å². The van der Waals surface area contributed by atoms with Gasteiger partial charge < -0.3 is 18.8 Å². The molecule has 0 aliphatic carbocycles. The van der Waals surface area contributed by atoms with Gasteiger partial charge in [0.05, 0.1) is 36.2 Å². The lowest BCUT2D eigenvalue weighted by molar-refractivity contribution is -0.133. The van der Waals surface area contributed by atoms with Crippen molar-refractivity contribution in [2.75, 3.05) is 25.5 Å². The number of carbonyl (C=O) groups is 1. The van der Waals surface area contributed by atoms with E-state index in [0.717, 1.165) is 37.9 Å². The van der Waals surface area contributed by atoms with Gasteiger partial charge in [0.1, 0.15) is 5.76 Å². The molecule has 8 heteroatoms. The lowest BCUT2D eigenvalue weighted by Crippen LogP contribution is -2.35. The van der Waals surface area contributed by atoms with Gasteiger partial charge in [-0.2, -0.15) is 0 Å². The van der Waals surface area contributed by atoms with Crippen molar-refractivity contribution in [2.45, 2.75) is 49.5 Å². The smallest absolute Gasteiger partial charge is 0.224 e. The Morgan fingerprint density at radius 3 is 2.67 bits per heavy atom. The lowest BCUT2D eigenvalue weighted by atomic mass is 10.1. The molecule has 2 aliphatic rings. The van der Waals surface area contributed by atoms with Crippen molar-refractivity contribution >= 4 is 15.7 Å². The van der Waals surface area contributed by atoms with Crippen LogP contribution in [0.15, 0.2) is 45.9 Å². The molecule has 0 saturated carbocycles. The van der Waals surface area contributed by atoms with Crippen LogP contribution in [-0.2, 0) is 14.6 Å². The minimum atomic E-state index is -3.63. The molecule has 0 spiro atoms. The molecule has 0 bridgehead atoms. The Hall–Kier alpha value is -2.48. The first-order valence-electron chi connectivity index (χ1n) is 10.5. The molecule has 1 fully saturated rings. The van der Waals surface area contributed by atoms with Crippen LogP contribution in [0.3, 0.4) is 0 Å². The lowest BCUT2D eigenvalue weighted by Gasteiger charge is -2.28. The molecular weight excluding hydrogens is 406 g/mol. The van der Waals surface area contributed by atoms with Gasteiger partial charge in [0.2, 0.25) is 5.91 Å². The molecule has 162 valence electrons. The van der Waals surface area contributed by atoms with Crippen molar-refractivity contribution in [3.8, 4) is 11.5 Å². The number of fused-ring (bicyclic) bond motifs is 1. The number of carbonyl (C=O) groups excluding carboxylic acids is 1. The van der Waals surface area contributed by atoms with Gasteiger partial charge in [-0.25, -0.2) is 8.42 Å². The van der Waals surface area contributed by atoms with Crippen LogP contribution in [0.25, 0.3) is 0 Å². The summed E-state index contributed by atoms with van der Waals surface area (Å²) in [7, 11) is -3.63. The molecule has 0 unspecified atom stereocenters. The SMILES string of the molecule is O=C(CCS(=O)(=O)c1ccc2c(c1)OCCCO2)N1CCCCC[C@H]1c1ccco1. The average Bonchev–Trinajstić information content (AvgIpc) is 3.02. The zero-order valence-corrected chi connectivity index (χ0v) is 17.7. The van der Waals surface area contributed by atoms with Crippen LogP contribution < -0.4 is 9.47 Å². The summed E-state index contributed by atoms with van der Waals surface area (Å²) in [6.45, 7) is 1.65. The first kappa shape index (κ1) is 20.8. The van der Waals surface area contributed by atoms with Crippen molar-refractivity contribution in [3.05, 3.63) is 42.4 Å². The first-order valence-corrected chi connectivity index (χ1v) is 12.1. The van der Waals surface area contributed by atoms with Gasteiger partial charge >= 0.3 is 0 Å². The Morgan fingerprint density at radius 2 is 1.87 bits per heavy atom. The number of sulfone groups is 1. The molecule has 1 amide bonds. The van der Waals surface area contributed by atoms with E-state index in [0.29, 0.717) is 31.3 Å². The highest BCUT2D eigenvalue weighted by atomic mass is 32.2. The summed E-state index contributed by atoms with van der Waals surface area (Å²) >= 11 is 0. The summed E-state index contributed by atoms with van der Waals surface area (Å²) < 4.78 is 42.5. The normalized spacial score (nSPS) is 19.7. The molecule has 1 saturated heterocycles. The zero-order valence-electron chi connectivity index (χ0n) is 16.9. The molecule has 0 radical (unpaired) electrons. The molecule has 1 aromatic carbocycles. The van der Waals surface area contributed by atoms with Crippen LogP contribution in [0.2, 0.25) is 0 Å². The van der Waals surface area contributed by atoms with Crippen LogP contribution >= 0.6 is 0 Å². The fourth-order valence-corrected chi connectivity index (χ4v) is 5.24. The van der Waals surface area contributed by atoms with Gasteiger partial charge in [0.15, 0.2) is 21.3 Å². The van der Waals surface area contributed by atoms with Gasteiger partial charge in [0, 0.05) is 25.5 Å². The molecule has 30 heavy (non-hydrogen) atoms. The largest absolute Gasteiger partial charge is 0.490 e. The third-order valence-corrected chi connectivity index (χ3v) is 7.32. The molecule has 2 aliphatic heterocycles. The summed E-state index contributed by atoms with van der Waals surface area (Å²) in [5.74, 6) is 1.35. The van der Waals surface area contributed by atoms with Gasteiger partial charge in [-0.3, -0.25) is 4.79 Å². The van der Waals surface area contributed by atoms with Crippen molar-refractivity contribution in [1.29, 1.82) is 0 Å². The zero-order chi connectivity index (χ0) is 21.0. The molecule has 4 rings (SSSR count). The second kappa shape index (κ2) is 9.12. The average molecular weight is 434 g/mol. The monoisotopic (exact) mass is 433 g/mol. The van der Waals surface area contributed by atoms with Crippen molar-refractivity contribution in [3.63, 3.8) is 0 Å². The maximum absolute atomic E-state index is 13.0. The number of furan rings is 1. The summed E-state index contributed by atoms with van der Waals surface area (Å²) in [5.41, 5.74) is 0. The maximum atomic E-state index is 13.0. The van der Waals surface area contributed by atoms with E-state index < -0.39 is 9.84 Å². The molecule has 0 N–H and O–H groups in total. The number of ether oxygens (including phenoxy) is 2. The summed E-state index contributed by atoms with van der Waals surface area (Å²) in [5, 5.41) is 0. The number of likely N-dealkylation sites (tertiary alicyclic amines) is 1. The van der Waals surface area contributed by atoms with E-state index in [1.54, 1.807) is 17.2 Å². The summed E-state index contributed by atoms with van der Waals surface area (Å²) in [6, 6.07) is 8.21. The van der Waals surface area contributed by atoms with E-state index in [2.05, 4.69) is 0 Å². The fraction of sp³-hybridized carbons (Fsp3) is 0.500. The highest BCUT2D eigenvalue weighted by Crippen LogP contribution is 2.33. The van der Waals surface area contributed by atoms with E-state index >= 15 is 0 Å². The number of amides is 1. The van der Waals surface area contributed by atoms with E-state index in [4.69, 9.17) is 13.9 Å². The van der Waals surface area contributed by atoms with Gasteiger partial charge in [-0.15, -0.1) is 0 Å². The van der Waals surface area contributed by atoms with Gasteiger partial charge in [-0.05, 0) is 37.1 Å². The minimum Gasteiger partial charge on any atom is -0.490 e. The van der Waals surface area contributed by atoms with E-state index in [1.165, 1.54) is 12.1 Å². The van der Waals surface area contributed by atoms with Crippen LogP contribution in [0.5, 0.6) is 11.5 Å². The molecule has 1 aromatic heterocycles. The van der Waals surface area contributed by atoms with Crippen molar-refractivity contribution in [2.24, 2.45) is 0 Å². The van der Waals surface area contributed by atoms with E-state index in [-0.39, 0.29) is 29.0 Å². The highest BCUT2D eigenvalue weighted by Gasteiger charge is 2.29. The Kier molecular flexibility index (Phi) is 6.32. The Morgan fingerprint density at radius 1 is 1.03 bits per heavy atom. The van der Waals surface area contributed by atoms with Crippen LogP contribution in [0, 0.1) is 0 Å². The number of benzene rings is 1. The molecule has 2 aromatic rings. The summed E-state index contributed by atoms with van der Waals surface area (Å²) in [6.07, 6.45) is 6.11. The topological polar surface area (TPSA) is 86.0 Å².